The maximum absolute atomic E-state index is 3.81. The zero-order valence-corrected chi connectivity index (χ0v) is 14.3. The van der Waals surface area contributed by atoms with Gasteiger partial charge in [0.1, 0.15) is 0 Å². The molecule has 118 valence electrons. The molecule has 1 saturated carbocycles. The molecular formula is C17H35N3. The molecule has 1 aliphatic carbocycles. The van der Waals surface area contributed by atoms with Crippen LogP contribution in [0, 0.1) is 5.41 Å². The van der Waals surface area contributed by atoms with E-state index >= 15 is 0 Å². The zero-order valence-electron chi connectivity index (χ0n) is 14.3. The fraction of sp³-hybridized carbons (Fsp3) is 1.00. The number of nitrogens with zero attached hydrogens (tertiary/aromatic N) is 2. The van der Waals surface area contributed by atoms with Crippen molar-refractivity contribution < 1.29 is 0 Å². The van der Waals surface area contributed by atoms with E-state index in [1.165, 1.54) is 45.2 Å². The van der Waals surface area contributed by atoms with E-state index in [-0.39, 0.29) is 0 Å². The average Bonchev–Trinajstić information content (AvgIpc) is 2.41. The Morgan fingerprint density at radius 3 is 2.60 bits per heavy atom. The Hall–Kier alpha value is -0.120. The minimum atomic E-state index is 0.435. The van der Waals surface area contributed by atoms with Gasteiger partial charge in [0.05, 0.1) is 0 Å². The summed E-state index contributed by atoms with van der Waals surface area (Å²) in [5, 5.41) is 3.81. The SMILES string of the molecule is CCNC1C(N2CCCC(N(C)C)C2)CCCC1(C)C. The molecule has 0 aromatic carbocycles. The van der Waals surface area contributed by atoms with Gasteiger partial charge < -0.3 is 10.2 Å². The quantitative estimate of drug-likeness (QED) is 0.854. The molecule has 1 aliphatic heterocycles. The van der Waals surface area contributed by atoms with E-state index in [9.17, 15) is 0 Å². The first-order valence-electron chi connectivity index (χ1n) is 8.59. The van der Waals surface area contributed by atoms with E-state index in [0.29, 0.717) is 11.5 Å². The summed E-state index contributed by atoms with van der Waals surface area (Å²) in [6.07, 6.45) is 6.86. The van der Waals surface area contributed by atoms with Crippen LogP contribution >= 0.6 is 0 Å². The van der Waals surface area contributed by atoms with Crippen molar-refractivity contribution in [3.63, 3.8) is 0 Å². The van der Waals surface area contributed by atoms with Crippen LogP contribution in [-0.2, 0) is 0 Å². The lowest BCUT2D eigenvalue weighted by Crippen LogP contribution is -2.61. The molecule has 20 heavy (non-hydrogen) atoms. The number of likely N-dealkylation sites (N-methyl/N-ethyl adjacent to an activating group) is 2. The van der Waals surface area contributed by atoms with Crippen LogP contribution in [0.4, 0.5) is 0 Å². The first-order chi connectivity index (χ1) is 9.45. The number of hydrogen-bond donors (Lipinski definition) is 1. The van der Waals surface area contributed by atoms with Crippen LogP contribution < -0.4 is 5.32 Å². The van der Waals surface area contributed by atoms with Gasteiger partial charge in [0.15, 0.2) is 0 Å². The Labute approximate surface area is 126 Å². The van der Waals surface area contributed by atoms with Gasteiger partial charge in [-0.1, -0.05) is 27.2 Å². The predicted molar refractivity (Wildman–Crippen MR) is 87.2 cm³/mol. The van der Waals surface area contributed by atoms with E-state index in [0.717, 1.165) is 18.6 Å². The molecule has 2 aliphatic rings. The van der Waals surface area contributed by atoms with Gasteiger partial charge in [-0.15, -0.1) is 0 Å². The Morgan fingerprint density at radius 2 is 1.95 bits per heavy atom. The van der Waals surface area contributed by atoms with E-state index in [4.69, 9.17) is 0 Å². The monoisotopic (exact) mass is 281 g/mol. The van der Waals surface area contributed by atoms with Crippen LogP contribution in [0.1, 0.15) is 52.9 Å². The highest BCUT2D eigenvalue weighted by Crippen LogP contribution is 2.38. The minimum absolute atomic E-state index is 0.435. The smallest absolute Gasteiger partial charge is 0.0274 e. The van der Waals surface area contributed by atoms with E-state index < -0.39 is 0 Å². The van der Waals surface area contributed by atoms with Gasteiger partial charge in [0, 0.05) is 24.7 Å². The van der Waals surface area contributed by atoms with Gasteiger partial charge in [-0.05, 0) is 58.3 Å². The second-order valence-corrected chi connectivity index (χ2v) is 7.74. The van der Waals surface area contributed by atoms with Crippen molar-refractivity contribution in [2.45, 2.75) is 71.0 Å². The maximum atomic E-state index is 3.81. The summed E-state index contributed by atoms with van der Waals surface area (Å²) in [5.41, 5.74) is 0.435. The second kappa shape index (κ2) is 6.76. The summed E-state index contributed by atoms with van der Waals surface area (Å²) in [7, 11) is 4.47. The molecule has 0 radical (unpaired) electrons. The number of piperidine rings is 1. The maximum Gasteiger partial charge on any atom is 0.0274 e. The van der Waals surface area contributed by atoms with Crippen LogP contribution in [0.2, 0.25) is 0 Å². The second-order valence-electron chi connectivity index (χ2n) is 7.74. The van der Waals surface area contributed by atoms with Crippen LogP contribution in [-0.4, -0.2) is 61.7 Å². The molecule has 0 spiro atoms. The van der Waals surface area contributed by atoms with Crippen molar-refractivity contribution in [1.82, 2.24) is 15.1 Å². The van der Waals surface area contributed by atoms with Crippen molar-refractivity contribution in [3.05, 3.63) is 0 Å². The number of rotatable bonds is 4. The Morgan fingerprint density at radius 1 is 1.20 bits per heavy atom. The first-order valence-corrected chi connectivity index (χ1v) is 8.59. The molecule has 2 rings (SSSR count). The molecule has 0 aromatic rings. The molecule has 0 aromatic heterocycles. The fourth-order valence-electron chi connectivity index (χ4n) is 4.34. The standard InChI is InChI=1S/C17H35N3/c1-6-18-16-15(10-7-11-17(16,2)3)20-12-8-9-14(13-20)19(4)5/h14-16,18H,6-13H2,1-5H3. The van der Waals surface area contributed by atoms with Gasteiger partial charge in [-0.2, -0.15) is 0 Å². The topological polar surface area (TPSA) is 18.5 Å². The molecule has 1 saturated heterocycles. The molecular weight excluding hydrogens is 246 g/mol. The van der Waals surface area contributed by atoms with Gasteiger partial charge in [0.25, 0.3) is 0 Å². The number of likely N-dealkylation sites (tertiary alicyclic amines) is 1. The van der Waals surface area contributed by atoms with Crippen molar-refractivity contribution in [1.29, 1.82) is 0 Å². The molecule has 3 nitrogen and oxygen atoms in total. The lowest BCUT2D eigenvalue weighted by atomic mass is 9.70. The largest absolute Gasteiger partial charge is 0.312 e. The number of nitrogens with one attached hydrogen (secondary N) is 1. The number of hydrogen-bond acceptors (Lipinski definition) is 3. The molecule has 3 atom stereocenters. The summed E-state index contributed by atoms with van der Waals surface area (Å²) < 4.78 is 0. The van der Waals surface area contributed by atoms with Gasteiger partial charge in [-0.25, -0.2) is 0 Å². The molecule has 1 N–H and O–H groups in total. The highest BCUT2D eigenvalue weighted by molar-refractivity contribution is 4.99. The fourth-order valence-corrected chi connectivity index (χ4v) is 4.34. The molecule has 0 bridgehead atoms. The van der Waals surface area contributed by atoms with Gasteiger partial charge >= 0.3 is 0 Å². The minimum Gasteiger partial charge on any atom is -0.312 e. The average molecular weight is 281 g/mol. The molecule has 0 amide bonds. The van der Waals surface area contributed by atoms with Crippen molar-refractivity contribution in [3.8, 4) is 0 Å². The Balaban J connectivity index is 2.08. The summed E-state index contributed by atoms with van der Waals surface area (Å²) >= 11 is 0. The molecule has 3 unspecified atom stereocenters. The van der Waals surface area contributed by atoms with E-state index in [2.05, 4.69) is 50.0 Å². The lowest BCUT2D eigenvalue weighted by Gasteiger charge is -2.51. The normalized spacial score (nSPS) is 35.4. The predicted octanol–water partition coefficient (Wildman–Crippen LogP) is 2.57. The summed E-state index contributed by atoms with van der Waals surface area (Å²) in [6.45, 7) is 10.8. The summed E-state index contributed by atoms with van der Waals surface area (Å²) in [6, 6.07) is 2.14. The molecule has 3 heteroatoms. The van der Waals surface area contributed by atoms with Crippen molar-refractivity contribution in [2.24, 2.45) is 5.41 Å². The summed E-state index contributed by atoms with van der Waals surface area (Å²) in [4.78, 5) is 5.21. The van der Waals surface area contributed by atoms with Crippen molar-refractivity contribution >= 4 is 0 Å². The van der Waals surface area contributed by atoms with Crippen LogP contribution in [0.5, 0.6) is 0 Å². The van der Waals surface area contributed by atoms with Crippen LogP contribution in [0.3, 0.4) is 0 Å². The third-order valence-corrected chi connectivity index (χ3v) is 5.60. The third kappa shape index (κ3) is 3.55. The lowest BCUT2D eigenvalue weighted by molar-refractivity contribution is 0.0179. The van der Waals surface area contributed by atoms with Gasteiger partial charge in [-0.3, -0.25) is 4.90 Å². The Bertz CT molecular complexity index is 301. The third-order valence-electron chi connectivity index (χ3n) is 5.60. The van der Waals surface area contributed by atoms with Crippen molar-refractivity contribution in [2.75, 3.05) is 33.7 Å². The van der Waals surface area contributed by atoms with E-state index in [1.54, 1.807) is 0 Å². The molecule has 2 fully saturated rings. The summed E-state index contributed by atoms with van der Waals surface area (Å²) in [5.74, 6) is 0. The first kappa shape index (κ1) is 16.3. The van der Waals surface area contributed by atoms with Crippen LogP contribution in [0.15, 0.2) is 0 Å². The highest BCUT2D eigenvalue weighted by Gasteiger charge is 2.42. The van der Waals surface area contributed by atoms with Gasteiger partial charge in [0.2, 0.25) is 0 Å². The van der Waals surface area contributed by atoms with E-state index in [1.807, 2.05) is 0 Å². The molecule has 1 heterocycles. The zero-order chi connectivity index (χ0) is 14.8. The Kier molecular flexibility index (Phi) is 5.49. The highest BCUT2D eigenvalue weighted by atomic mass is 15.2. The van der Waals surface area contributed by atoms with Crippen LogP contribution in [0.25, 0.3) is 0 Å².